The van der Waals surface area contributed by atoms with Crippen molar-refractivity contribution < 1.29 is 31.3 Å². The molecule has 0 bridgehead atoms. The third-order valence-electron chi connectivity index (χ3n) is 3.77. The monoisotopic (exact) mass is 450 g/mol. The van der Waals surface area contributed by atoms with Gasteiger partial charge in [-0.2, -0.15) is 8.42 Å². The number of anilines is 1. The number of fused-ring (bicyclic) bond motifs is 1. The summed E-state index contributed by atoms with van der Waals surface area (Å²) in [7, 11) is -7.73. The SMILES string of the molecule is O=C(NCCCS(=O)(=O)CCCl)Nc1ccc2c(O)cc(S(=O)(=O)O)cc2c1. The molecule has 0 fully saturated rings. The van der Waals surface area contributed by atoms with E-state index in [1.54, 1.807) is 0 Å². The lowest BCUT2D eigenvalue weighted by molar-refractivity contribution is 0.252. The van der Waals surface area contributed by atoms with Gasteiger partial charge in [0.15, 0.2) is 9.84 Å². The molecule has 0 saturated carbocycles. The zero-order valence-corrected chi connectivity index (χ0v) is 16.9. The van der Waals surface area contributed by atoms with Crippen molar-refractivity contribution in [2.45, 2.75) is 11.3 Å². The van der Waals surface area contributed by atoms with E-state index < -0.39 is 30.9 Å². The number of carbonyl (C=O) groups excluding carboxylic acids is 1. The van der Waals surface area contributed by atoms with Gasteiger partial charge in [0, 0.05) is 29.6 Å². The number of urea groups is 1. The van der Waals surface area contributed by atoms with E-state index >= 15 is 0 Å². The Bertz CT molecular complexity index is 1090. The van der Waals surface area contributed by atoms with Gasteiger partial charge in [0.25, 0.3) is 10.1 Å². The fraction of sp³-hybridized carbons (Fsp3) is 0.312. The smallest absolute Gasteiger partial charge is 0.319 e. The lowest BCUT2D eigenvalue weighted by atomic mass is 10.1. The quantitative estimate of drug-likeness (QED) is 0.272. The molecule has 0 aliphatic heterocycles. The minimum Gasteiger partial charge on any atom is -0.507 e. The molecule has 0 aliphatic carbocycles. The summed E-state index contributed by atoms with van der Waals surface area (Å²) in [4.78, 5) is 11.4. The molecule has 0 aromatic heterocycles. The third kappa shape index (κ3) is 6.23. The van der Waals surface area contributed by atoms with E-state index in [-0.39, 0.29) is 41.5 Å². The molecule has 0 atom stereocenters. The molecule has 2 amide bonds. The van der Waals surface area contributed by atoms with Crippen LogP contribution in [0.3, 0.4) is 0 Å². The molecule has 9 nitrogen and oxygen atoms in total. The fourth-order valence-corrected chi connectivity index (χ4v) is 4.70. The molecule has 2 aromatic rings. The van der Waals surface area contributed by atoms with Crippen LogP contribution < -0.4 is 10.6 Å². The number of phenols is 1. The van der Waals surface area contributed by atoms with Crippen molar-refractivity contribution in [3.05, 3.63) is 30.3 Å². The molecule has 0 aliphatic rings. The minimum atomic E-state index is -4.50. The highest BCUT2D eigenvalue weighted by Crippen LogP contribution is 2.30. The topological polar surface area (TPSA) is 150 Å². The van der Waals surface area contributed by atoms with Crippen molar-refractivity contribution in [2.75, 3.05) is 29.2 Å². The summed E-state index contributed by atoms with van der Waals surface area (Å²) in [6.07, 6.45) is 0.232. The van der Waals surface area contributed by atoms with Crippen LogP contribution in [0.1, 0.15) is 6.42 Å². The molecule has 0 spiro atoms. The molecule has 4 N–H and O–H groups in total. The second kappa shape index (κ2) is 8.95. The van der Waals surface area contributed by atoms with E-state index in [2.05, 4.69) is 10.6 Å². The fourth-order valence-electron chi connectivity index (χ4n) is 2.44. The van der Waals surface area contributed by atoms with Crippen LogP contribution >= 0.6 is 11.6 Å². The van der Waals surface area contributed by atoms with Crippen molar-refractivity contribution in [1.29, 1.82) is 0 Å². The average Bonchev–Trinajstić information content (AvgIpc) is 2.57. The normalized spacial score (nSPS) is 12.1. The molecule has 12 heteroatoms. The van der Waals surface area contributed by atoms with E-state index in [1.165, 1.54) is 18.2 Å². The molecule has 0 saturated heterocycles. The number of sulfone groups is 1. The lowest BCUT2D eigenvalue weighted by Gasteiger charge is -2.10. The Morgan fingerprint density at radius 1 is 1.07 bits per heavy atom. The number of carbonyl (C=O) groups is 1. The first-order valence-corrected chi connectivity index (χ1v) is 11.9. The molecule has 154 valence electrons. The van der Waals surface area contributed by atoms with Crippen LogP contribution in [0.5, 0.6) is 5.75 Å². The molecule has 2 aromatic carbocycles. The Morgan fingerprint density at radius 2 is 1.79 bits per heavy atom. The first-order valence-electron chi connectivity index (χ1n) is 8.07. The highest BCUT2D eigenvalue weighted by atomic mass is 35.5. The second-order valence-electron chi connectivity index (χ2n) is 5.93. The summed E-state index contributed by atoms with van der Waals surface area (Å²) in [5.74, 6) is -0.518. The first kappa shape index (κ1) is 22.2. The van der Waals surface area contributed by atoms with Gasteiger partial charge in [0.05, 0.1) is 16.4 Å². The van der Waals surface area contributed by atoms with Gasteiger partial charge in [-0.05, 0) is 36.1 Å². The maximum absolute atomic E-state index is 11.9. The summed E-state index contributed by atoms with van der Waals surface area (Å²) in [5.41, 5.74) is 0.312. The summed E-state index contributed by atoms with van der Waals surface area (Å²) >= 11 is 5.40. The Morgan fingerprint density at radius 3 is 2.43 bits per heavy atom. The van der Waals surface area contributed by atoms with Gasteiger partial charge < -0.3 is 15.7 Å². The molecule has 28 heavy (non-hydrogen) atoms. The average molecular weight is 451 g/mol. The number of hydrogen-bond donors (Lipinski definition) is 4. The number of alkyl halides is 1. The third-order valence-corrected chi connectivity index (χ3v) is 6.75. The summed E-state index contributed by atoms with van der Waals surface area (Å²) in [6.45, 7) is 0.134. The predicted molar refractivity (Wildman–Crippen MR) is 106 cm³/mol. The number of rotatable bonds is 8. The van der Waals surface area contributed by atoms with Crippen molar-refractivity contribution in [3.8, 4) is 5.75 Å². The second-order valence-corrected chi connectivity index (χ2v) is 10.0. The van der Waals surface area contributed by atoms with Crippen molar-refractivity contribution >= 4 is 54.0 Å². The highest BCUT2D eigenvalue weighted by molar-refractivity contribution is 7.91. The molecule has 0 heterocycles. The van der Waals surface area contributed by atoms with Crippen molar-refractivity contribution in [3.63, 3.8) is 0 Å². The molecule has 0 unspecified atom stereocenters. The van der Waals surface area contributed by atoms with Crippen LogP contribution in [-0.4, -0.2) is 56.5 Å². The van der Waals surface area contributed by atoms with E-state index in [0.717, 1.165) is 12.1 Å². The van der Waals surface area contributed by atoms with E-state index in [4.69, 9.17) is 16.2 Å². The van der Waals surface area contributed by atoms with Gasteiger partial charge in [-0.1, -0.05) is 0 Å². The molecular formula is C16H19ClN2O7S2. The zero-order chi connectivity index (χ0) is 20.9. The summed E-state index contributed by atoms with van der Waals surface area (Å²) in [5, 5.41) is 15.6. The van der Waals surface area contributed by atoms with Crippen LogP contribution in [-0.2, 0) is 20.0 Å². The van der Waals surface area contributed by atoms with Crippen molar-refractivity contribution in [1.82, 2.24) is 5.32 Å². The van der Waals surface area contributed by atoms with E-state index in [0.29, 0.717) is 11.1 Å². The lowest BCUT2D eigenvalue weighted by Crippen LogP contribution is -2.30. The van der Waals surface area contributed by atoms with E-state index in [1.807, 2.05) is 0 Å². The Balaban J connectivity index is 2.03. The number of phenolic OH excluding ortho intramolecular Hbond substituents is 1. The Kier molecular flexibility index (Phi) is 7.10. The number of benzene rings is 2. The van der Waals surface area contributed by atoms with Gasteiger partial charge in [-0.15, -0.1) is 11.6 Å². The van der Waals surface area contributed by atoms with Crippen LogP contribution in [0.2, 0.25) is 0 Å². The molecule has 0 radical (unpaired) electrons. The van der Waals surface area contributed by atoms with Crippen LogP contribution in [0.4, 0.5) is 10.5 Å². The van der Waals surface area contributed by atoms with Gasteiger partial charge >= 0.3 is 6.03 Å². The standard InChI is InChI=1S/C16H19ClN2O7S2/c17-4-7-27(22,23)6-1-5-18-16(21)19-12-2-3-14-11(8-12)9-13(10-15(14)20)28(24,25)26/h2-3,8-10,20H,1,4-7H2,(H2,18,19,21)(H,24,25,26). The van der Waals surface area contributed by atoms with Gasteiger partial charge in [-0.3, -0.25) is 4.55 Å². The predicted octanol–water partition coefficient (Wildman–Crippen LogP) is 1.96. The number of amides is 2. The van der Waals surface area contributed by atoms with E-state index in [9.17, 15) is 26.7 Å². The first-order chi connectivity index (χ1) is 13.0. The van der Waals surface area contributed by atoms with Crippen LogP contribution in [0.25, 0.3) is 10.8 Å². The molecular weight excluding hydrogens is 432 g/mol. The van der Waals surface area contributed by atoms with Gasteiger partial charge in [0.1, 0.15) is 5.75 Å². The maximum Gasteiger partial charge on any atom is 0.319 e. The summed E-state index contributed by atoms with van der Waals surface area (Å²) < 4.78 is 54.7. The van der Waals surface area contributed by atoms with Gasteiger partial charge in [-0.25, -0.2) is 13.2 Å². The summed E-state index contributed by atoms with van der Waals surface area (Å²) in [6, 6.07) is 5.91. The maximum atomic E-state index is 11.9. The van der Waals surface area contributed by atoms with Crippen LogP contribution in [0, 0.1) is 0 Å². The number of hydrogen-bond acceptors (Lipinski definition) is 6. The van der Waals surface area contributed by atoms with Crippen LogP contribution in [0.15, 0.2) is 35.2 Å². The number of nitrogens with one attached hydrogen (secondary N) is 2. The molecule has 2 rings (SSSR count). The number of halogens is 1. The number of aromatic hydroxyl groups is 1. The largest absolute Gasteiger partial charge is 0.507 e. The van der Waals surface area contributed by atoms with Crippen molar-refractivity contribution in [2.24, 2.45) is 0 Å². The minimum absolute atomic E-state index is 0.0209. The highest BCUT2D eigenvalue weighted by Gasteiger charge is 2.14. The zero-order valence-electron chi connectivity index (χ0n) is 14.6. The Labute approximate surface area is 167 Å². The Hall–Kier alpha value is -2.08. The van der Waals surface area contributed by atoms with Gasteiger partial charge in [0.2, 0.25) is 0 Å².